The van der Waals surface area contributed by atoms with E-state index in [1.807, 2.05) is 0 Å². The van der Waals surface area contributed by atoms with Crippen molar-refractivity contribution >= 4 is 26.5 Å². The van der Waals surface area contributed by atoms with Gasteiger partial charge in [0, 0.05) is 38.0 Å². The summed E-state index contributed by atoms with van der Waals surface area (Å²) in [6, 6.07) is 10.4. The van der Waals surface area contributed by atoms with Crippen LogP contribution in [0.25, 0.3) is 0 Å². The van der Waals surface area contributed by atoms with Gasteiger partial charge in [0.05, 0.1) is 10.6 Å². The first-order chi connectivity index (χ1) is 14.7. The summed E-state index contributed by atoms with van der Waals surface area (Å²) in [7, 11) is -3.71. The zero-order valence-electron chi connectivity index (χ0n) is 17.9. The molecule has 1 aliphatic rings. The molecule has 2 heterocycles. The van der Waals surface area contributed by atoms with Gasteiger partial charge in [-0.1, -0.05) is 35.4 Å². The molecule has 1 aliphatic heterocycles. The van der Waals surface area contributed by atoms with Gasteiger partial charge in [0.1, 0.15) is 5.82 Å². The second-order valence-electron chi connectivity index (χ2n) is 8.10. The van der Waals surface area contributed by atoms with Gasteiger partial charge in [0.15, 0.2) is 5.13 Å². The summed E-state index contributed by atoms with van der Waals surface area (Å²) in [6.45, 7) is 7.71. The molecule has 1 saturated heterocycles. The van der Waals surface area contributed by atoms with Crippen molar-refractivity contribution < 1.29 is 12.8 Å². The molecule has 0 N–H and O–H groups in total. The van der Waals surface area contributed by atoms with Gasteiger partial charge in [-0.05, 0) is 44.0 Å². The summed E-state index contributed by atoms with van der Waals surface area (Å²) < 4.78 is 41.1. The summed E-state index contributed by atoms with van der Waals surface area (Å²) in [5.41, 5.74) is 5.32. The van der Waals surface area contributed by atoms with Crippen molar-refractivity contribution in [1.82, 2.24) is 9.29 Å². The van der Waals surface area contributed by atoms with Crippen molar-refractivity contribution in [3.8, 4) is 0 Å². The highest BCUT2D eigenvalue weighted by Gasteiger charge is 2.30. The van der Waals surface area contributed by atoms with Crippen molar-refractivity contribution in [2.75, 3.05) is 31.1 Å². The van der Waals surface area contributed by atoms with Gasteiger partial charge in [-0.25, -0.2) is 17.8 Å². The molecule has 0 unspecified atom stereocenters. The molecule has 8 heteroatoms. The maximum absolute atomic E-state index is 13.6. The Bertz CT molecular complexity index is 1180. The van der Waals surface area contributed by atoms with E-state index >= 15 is 0 Å². The number of aromatic nitrogens is 1. The first kappa shape index (κ1) is 21.9. The van der Waals surface area contributed by atoms with Crippen LogP contribution >= 0.6 is 11.3 Å². The molecule has 1 aromatic heterocycles. The molecule has 5 nitrogen and oxygen atoms in total. The molecule has 164 valence electrons. The highest BCUT2D eigenvalue weighted by Crippen LogP contribution is 2.27. The predicted octanol–water partition coefficient (Wildman–Crippen LogP) is 4.31. The van der Waals surface area contributed by atoms with Gasteiger partial charge in [-0.15, -0.1) is 11.3 Å². The molecule has 0 bridgehead atoms. The van der Waals surface area contributed by atoms with Gasteiger partial charge in [-0.3, -0.25) is 0 Å². The lowest BCUT2D eigenvalue weighted by Crippen LogP contribution is -2.48. The van der Waals surface area contributed by atoms with Crippen LogP contribution in [0.3, 0.4) is 0 Å². The molecule has 0 atom stereocenters. The lowest BCUT2D eigenvalue weighted by Gasteiger charge is -2.34. The van der Waals surface area contributed by atoms with Crippen molar-refractivity contribution in [2.24, 2.45) is 0 Å². The monoisotopic (exact) mass is 459 g/mol. The SMILES string of the molecule is Cc1cc(C)cc(Cc2csc(N3CCN(S(=O)(=O)c4cc(F)ccc4C)CC3)n2)c1. The Morgan fingerprint density at radius 2 is 1.68 bits per heavy atom. The highest BCUT2D eigenvalue weighted by atomic mass is 32.2. The van der Waals surface area contributed by atoms with E-state index in [-0.39, 0.29) is 4.90 Å². The lowest BCUT2D eigenvalue weighted by atomic mass is 10.0. The molecule has 2 aromatic carbocycles. The maximum Gasteiger partial charge on any atom is 0.243 e. The second-order valence-corrected chi connectivity index (χ2v) is 10.8. The Kier molecular flexibility index (Phi) is 6.14. The molecule has 0 aliphatic carbocycles. The normalized spacial score (nSPS) is 15.4. The number of rotatable bonds is 5. The summed E-state index contributed by atoms with van der Waals surface area (Å²) in [5, 5.41) is 2.99. The number of thiazole rings is 1. The fraction of sp³-hybridized carbons (Fsp3) is 0.348. The quantitative estimate of drug-likeness (QED) is 0.571. The fourth-order valence-electron chi connectivity index (χ4n) is 4.01. The van der Waals surface area contributed by atoms with Crippen LogP contribution in [0.2, 0.25) is 0 Å². The molecule has 0 saturated carbocycles. The lowest BCUT2D eigenvalue weighted by molar-refractivity contribution is 0.384. The van der Waals surface area contributed by atoms with Gasteiger partial charge < -0.3 is 4.90 Å². The van der Waals surface area contributed by atoms with E-state index in [1.165, 1.54) is 33.1 Å². The summed E-state index contributed by atoms with van der Waals surface area (Å²) >= 11 is 1.59. The molecule has 0 amide bonds. The Balaban J connectivity index is 1.43. The molecule has 3 aromatic rings. The van der Waals surface area contributed by atoms with Crippen LogP contribution in [0, 0.1) is 26.6 Å². The summed E-state index contributed by atoms with van der Waals surface area (Å²) in [6.07, 6.45) is 0.784. The summed E-state index contributed by atoms with van der Waals surface area (Å²) in [5.74, 6) is -0.540. The fourth-order valence-corrected chi connectivity index (χ4v) is 6.55. The Morgan fingerprint density at radius 1 is 1.00 bits per heavy atom. The predicted molar refractivity (Wildman–Crippen MR) is 123 cm³/mol. The van der Waals surface area contributed by atoms with E-state index in [0.29, 0.717) is 31.7 Å². The van der Waals surface area contributed by atoms with E-state index < -0.39 is 15.8 Å². The van der Waals surface area contributed by atoms with Crippen LogP contribution in [0.1, 0.15) is 27.9 Å². The number of hydrogen-bond acceptors (Lipinski definition) is 5. The van der Waals surface area contributed by atoms with Gasteiger partial charge in [0.25, 0.3) is 0 Å². The smallest absolute Gasteiger partial charge is 0.243 e. The Labute approximate surface area is 187 Å². The van der Waals surface area contributed by atoms with Crippen molar-refractivity contribution in [3.63, 3.8) is 0 Å². The number of piperazine rings is 1. The van der Waals surface area contributed by atoms with E-state index in [9.17, 15) is 12.8 Å². The number of sulfonamides is 1. The first-order valence-corrected chi connectivity index (χ1v) is 12.6. The molecular formula is C23H26FN3O2S2. The average Bonchev–Trinajstić information content (AvgIpc) is 3.17. The molecule has 31 heavy (non-hydrogen) atoms. The van der Waals surface area contributed by atoms with Crippen LogP contribution in [-0.2, 0) is 16.4 Å². The molecule has 4 rings (SSSR count). The minimum absolute atomic E-state index is 0.0472. The van der Waals surface area contributed by atoms with E-state index in [0.717, 1.165) is 23.3 Å². The molecular weight excluding hydrogens is 433 g/mol. The van der Waals surface area contributed by atoms with Crippen LogP contribution in [0.4, 0.5) is 9.52 Å². The molecule has 0 radical (unpaired) electrons. The minimum Gasteiger partial charge on any atom is -0.345 e. The number of aryl methyl sites for hydroxylation is 3. The Morgan fingerprint density at radius 3 is 2.35 bits per heavy atom. The average molecular weight is 460 g/mol. The second kappa shape index (κ2) is 8.68. The van der Waals surface area contributed by atoms with Gasteiger partial charge in [0.2, 0.25) is 10.0 Å². The largest absolute Gasteiger partial charge is 0.345 e. The maximum atomic E-state index is 13.6. The third-order valence-electron chi connectivity index (χ3n) is 5.48. The number of benzene rings is 2. The van der Waals surface area contributed by atoms with Gasteiger partial charge in [-0.2, -0.15) is 4.31 Å². The Hall–Kier alpha value is -2.29. The number of hydrogen-bond donors (Lipinski definition) is 0. The number of halogens is 1. The number of anilines is 1. The zero-order chi connectivity index (χ0) is 22.2. The van der Waals surface area contributed by atoms with Crippen LogP contribution in [0.5, 0.6) is 0 Å². The standard InChI is InChI=1S/C23H26FN3O2S2/c1-16-10-17(2)12-19(11-16)13-21-15-30-23(25-21)26-6-8-27(9-7-26)31(28,29)22-14-20(24)5-4-18(22)3/h4-5,10-12,14-15H,6-9,13H2,1-3H3. The molecule has 1 fully saturated rings. The third-order valence-corrected chi connectivity index (χ3v) is 8.47. The van der Waals surface area contributed by atoms with E-state index in [2.05, 4.69) is 42.3 Å². The van der Waals surface area contributed by atoms with Gasteiger partial charge >= 0.3 is 0 Å². The number of nitrogens with zero attached hydrogens (tertiary/aromatic N) is 3. The molecule has 0 spiro atoms. The third kappa shape index (κ3) is 4.81. The minimum atomic E-state index is -3.71. The topological polar surface area (TPSA) is 53.5 Å². The van der Waals surface area contributed by atoms with Crippen LogP contribution in [0.15, 0.2) is 46.7 Å². The van der Waals surface area contributed by atoms with Crippen molar-refractivity contribution in [3.05, 3.63) is 75.5 Å². The van der Waals surface area contributed by atoms with Crippen LogP contribution < -0.4 is 4.90 Å². The van der Waals surface area contributed by atoms with E-state index in [1.54, 1.807) is 18.3 Å². The first-order valence-electron chi connectivity index (χ1n) is 10.3. The van der Waals surface area contributed by atoms with Crippen LogP contribution in [-0.4, -0.2) is 43.9 Å². The summed E-state index contributed by atoms with van der Waals surface area (Å²) in [4.78, 5) is 6.96. The van der Waals surface area contributed by atoms with Crippen molar-refractivity contribution in [1.29, 1.82) is 0 Å². The highest BCUT2D eigenvalue weighted by molar-refractivity contribution is 7.89. The zero-order valence-corrected chi connectivity index (χ0v) is 19.6. The van der Waals surface area contributed by atoms with Crippen molar-refractivity contribution in [2.45, 2.75) is 32.1 Å². The van der Waals surface area contributed by atoms with E-state index in [4.69, 9.17) is 4.98 Å².